The van der Waals surface area contributed by atoms with Crippen LogP contribution in [0.25, 0.3) is 0 Å². The van der Waals surface area contributed by atoms with Gasteiger partial charge in [-0.3, -0.25) is 4.79 Å². The lowest BCUT2D eigenvalue weighted by Crippen LogP contribution is -2.24. The maximum atomic E-state index is 11.6. The van der Waals surface area contributed by atoms with Crippen molar-refractivity contribution in [1.29, 1.82) is 0 Å². The molecule has 1 aliphatic rings. The molecule has 0 aliphatic heterocycles. The molecule has 1 aromatic rings. The molecule has 0 aromatic carbocycles. The molecule has 1 saturated carbocycles. The maximum Gasteiger partial charge on any atom is 0.282 e. The summed E-state index contributed by atoms with van der Waals surface area (Å²) in [6, 6.07) is 0. The number of aromatic nitrogens is 2. The number of hydrogen-bond acceptors (Lipinski definition) is 5. The lowest BCUT2D eigenvalue weighted by atomic mass is 10.3. The highest BCUT2D eigenvalue weighted by Crippen LogP contribution is 2.31. The van der Waals surface area contributed by atoms with Gasteiger partial charge in [-0.05, 0) is 19.3 Å². The number of carbonyl (C=O) groups is 1. The average molecular weight is 240 g/mol. The van der Waals surface area contributed by atoms with E-state index in [1.807, 2.05) is 6.92 Å². The monoisotopic (exact) mass is 240 g/mol. The van der Waals surface area contributed by atoms with Crippen LogP contribution in [-0.4, -0.2) is 29.2 Å². The molecule has 6 heteroatoms. The molecule has 16 heavy (non-hydrogen) atoms. The van der Waals surface area contributed by atoms with E-state index in [-0.39, 0.29) is 5.91 Å². The third-order valence-corrected chi connectivity index (χ3v) is 3.36. The Bertz CT molecular complexity index is 361. The normalized spacial score (nSPS) is 14.8. The van der Waals surface area contributed by atoms with Gasteiger partial charge in [-0.25, -0.2) is 0 Å². The second-order valence-electron chi connectivity index (χ2n) is 3.93. The quantitative estimate of drug-likeness (QED) is 0.790. The van der Waals surface area contributed by atoms with Gasteiger partial charge in [-0.2, -0.15) is 0 Å². The van der Waals surface area contributed by atoms with Crippen molar-refractivity contribution < 1.29 is 4.79 Å². The standard InChI is InChI=1S/C10H16N4OS/c1-2-11-10-14-13-9(16-10)8(15)12-6-5-7-3-4-7/h7H,2-6H2,1H3,(H,11,14)(H,12,15). The van der Waals surface area contributed by atoms with Crippen molar-refractivity contribution in [3.05, 3.63) is 5.01 Å². The summed E-state index contributed by atoms with van der Waals surface area (Å²) in [5.41, 5.74) is 0. The maximum absolute atomic E-state index is 11.6. The van der Waals surface area contributed by atoms with Crippen LogP contribution in [0.3, 0.4) is 0 Å². The van der Waals surface area contributed by atoms with Crippen molar-refractivity contribution in [3.8, 4) is 0 Å². The molecular formula is C10H16N4OS. The van der Waals surface area contributed by atoms with Crippen LogP contribution in [-0.2, 0) is 0 Å². The van der Waals surface area contributed by atoms with Gasteiger partial charge in [0.05, 0.1) is 0 Å². The number of nitrogens with zero attached hydrogens (tertiary/aromatic N) is 2. The molecule has 0 spiro atoms. The first-order valence-electron chi connectivity index (χ1n) is 5.65. The fraction of sp³-hybridized carbons (Fsp3) is 0.700. The van der Waals surface area contributed by atoms with Crippen LogP contribution in [0.15, 0.2) is 0 Å². The van der Waals surface area contributed by atoms with Crippen molar-refractivity contribution in [2.75, 3.05) is 18.4 Å². The zero-order valence-electron chi connectivity index (χ0n) is 9.32. The topological polar surface area (TPSA) is 66.9 Å². The third kappa shape index (κ3) is 3.16. The van der Waals surface area contributed by atoms with Gasteiger partial charge in [0.1, 0.15) is 0 Å². The smallest absolute Gasteiger partial charge is 0.282 e. The molecule has 1 heterocycles. The molecule has 2 rings (SSSR count). The van der Waals surface area contributed by atoms with Gasteiger partial charge >= 0.3 is 0 Å². The van der Waals surface area contributed by atoms with Gasteiger partial charge in [0, 0.05) is 13.1 Å². The van der Waals surface area contributed by atoms with Gasteiger partial charge in [-0.15, -0.1) is 10.2 Å². The minimum Gasteiger partial charge on any atom is -0.360 e. The number of nitrogens with one attached hydrogen (secondary N) is 2. The third-order valence-electron chi connectivity index (χ3n) is 2.48. The van der Waals surface area contributed by atoms with Crippen molar-refractivity contribution in [3.63, 3.8) is 0 Å². The molecule has 0 radical (unpaired) electrons. The minimum absolute atomic E-state index is 0.109. The zero-order valence-corrected chi connectivity index (χ0v) is 10.1. The summed E-state index contributed by atoms with van der Waals surface area (Å²) in [7, 11) is 0. The Morgan fingerprint density at radius 2 is 2.31 bits per heavy atom. The number of anilines is 1. The van der Waals surface area contributed by atoms with Crippen molar-refractivity contribution in [2.45, 2.75) is 26.2 Å². The van der Waals surface area contributed by atoms with Gasteiger partial charge in [0.2, 0.25) is 10.1 Å². The lowest BCUT2D eigenvalue weighted by molar-refractivity contribution is 0.0951. The zero-order chi connectivity index (χ0) is 11.4. The molecule has 5 nitrogen and oxygen atoms in total. The summed E-state index contributed by atoms with van der Waals surface area (Å²) in [6.45, 7) is 3.52. The summed E-state index contributed by atoms with van der Waals surface area (Å²) in [5.74, 6) is 0.731. The first kappa shape index (κ1) is 11.3. The molecule has 2 N–H and O–H groups in total. The predicted octanol–water partition coefficient (Wildman–Crippen LogP) is 1.50. The molecule has 0 atom stereocenters. The number of hydrogen-bond donors (Lipinski definition) is 2. The molecular weight excluding hydrogens is 224 g/mol. The highest BCUT2D eigenvalue weighted by atomic mass is 32.1. The van der Waals surface area contributed by atoms with E-state index >= 15 is 0 Å². The average Bonchev–Trinajstić information content (AvgIpc) is 2.97. The van der Waals surface area contributed by atoms with E-state index in [1.165, 1.54) is 24.2 Å². The molecule has 1 aliphatic carbocycles. The van der Waals surface area contributed by atoms with Crippen molar-refractivity contribution in [2.24, 2.45) is 5.92 Å². The van der Waals surface area contributed by atoms with Crippen LogP contribution >= 0.6 is 11.3 Å². The minimum atomic E-state index is -0.109. The molecule has 0 saturated heterocycles. The Balaban J connectivity index is 1.77. The van der Waals surface area contributed by atoms with Gasteiger partial charge < -0.3 is 10.6 Å². The molecule has 1 fully saturated rings. The molecule has 0 unspecified atom stereocenters. The second kappa shape index (κ2) is 5.25. The first-order chi connectivity index (χ1) is 7.79. The number of rotatable bonds is 6. The fourth-order valence-electron chi connectivity index (χ4n) is 1.41. The van der Waals surface area contributed by atoms with Crippen LogP contribution in [0.2, 0.25) is 0 Å². The molecule has 88 valence electrons. The Morgan fingerprint density at radius 3 is 3.00 bits per heavy atom. The summed E-state index contributed by atoms with van der Waals surface area (Å²) >= 11 is 1.29. The molecule has 1 amide bonds. The van der Waals surface area contributed by atoms with Crippen LogP contribution in [0, 0.1) is 5.92 Å². The van der Waals surface area contributed by atoms with E-state index in [0.29, 0.717) is 10.1 Å². The highest BCUT2D eigenvalue weighted by molar-refractivity contribution is 7.17. The van der Waals surface area contributed by atoms with Crippen LogP contribution in [0.4, 0.5) is 5.13 Å². The van der Waals surface area contributed by atoms with Crippen LogP contribution in [0.5, 0.6) is 0 Å². The first-order valence-corrected chi connectivity index (χ1v) is 6.47. The van der Waals surface area contributed by atoms with E-state index < -0.39 is 0 Å². The SMILES string of the molecule is CCNc1nnc(C(=O)NCCC2CC2)s1. The number of carbonyl (C=O) groups excluding carboxylic acids is 1. The summed E-state index contributed by atoms with van der Waals surface area (Å²) in [4.78, 5) is 11.6. The van der Waals surface area contributed by atoms with Gasteiger partial charge in [0.25, 0.3) is 5.91 Å². The van der Waals surface area contributed by atoms with Crippen LogP contribution < -0.4 is 10.6 Å². The van der Waals surface area contributed by atoms with E-state index in [1.54, 1.807) is 0 Å². The van der Waals surface area contributed by atoms with E-state index in [0.717, 1.165) is 25.4 Å². The Labute approximate surface area is 98.7 Å². The number of amides is 1. The Morgan fingerprint density at radius 1 is 1.50 bits per heavy atom. The Hall–Kier alpha value is -1.17. The van der Waals surface area contributed by atoms with Crippen molar-refractivity contribution in [1.82, 2.24) is 15.5 Å². The van der Waals surface area contributed by atoms with Gasteiger partial charge in [0.15, 0.2) is 0 Å². The van der Waals surface area contributed by atoms with Gasteiger partial charge in [-0.1, -0.05) is 24.2 Å². The van der Waals surface area contributed by atoms with E-state index in [9.17, 15) is 4.79 Å². The summed E-state index contributed by atoms with van der Waals surface area (Å²) in [5, 5.41) is 14.8. The predicted molar refractivity (Wildman–Crippen MR) is 63.7 cm³/mol. The van der Waals surface area contributed by atoms with Crippen LogP contribution in [0.1, 0.15) is 36.0 Å². The fourth-order valence-corrected chi connectivity index (χ4v) is 2.14. The van der Waals surface area contributed by atoms with Crippen molar-refractivity contribution >= 4 is 22.4 Å². The summed E-state index contributed by atoms with van der Waals surface area (Å²) < 4.78 is 0. The lowest BCUT2D eigenvalue weighted by Gasteiger charge is -2.00. The Kier molecular flexibility index (Phi) is 3.71. The largest absolute Gasteiger partial charge is 0.360 e. The molecule has 1 aromatic heterocycles. The van der Waals surface area contributed by atoms with E-state index in [2.05, 4.69) is 20.8 Å². The second-order valence-corrected chi connectivity index (χ2v) is 4.91. The van der Waals surface area contributed by atoms with E-state index in [4.69, 9.17) is 0 Å². The summed E-state index contributed by atoms with van der Waals surface area (Å²) in [6.07, 6.45) is 3.73. The molecule has 0 bridgehead atoms. The highest BCUT2D eigenvalue weighted by Gasteiger charge is 2.21.